The van der Waals surface area contributed by atoms with Gasteiger partial charge in [0, 0.05) is 6.42 Å². The van der Waals surface area contributed by atoms with E-state index in [1.54, 1.807) is 6.08 Å². The van der Waals surface area contributed by atoms with Gasteiger partial charge in [-0.1, -0.05) is 276 Å². The van der Waals surface area contributed by atoms with Crippen LogP contribution in [0.4, 0.5) is 0 Å². The van der Waals surface area contributed by atoms with Gasteiger partial charge in [0.1, 0.15) is 13.2 Å². The third-order valence-corrected chi connectivity index (χ3v) is 14.2. The van der Waals surface area contributed by atoms with Crippen molar-refractivity contribution in [1.29, 1.82) is 0 Å². The first kappa shape index (κ1) is 64.2. The van der Waals surface area contributed by atoms with Crippen molar-refractivity contribution in [2.45, 2.75) is 302 Å². The number of hydrogen-bond donors (Lipinski definition) is 2. The molecular formula is C56H113N2O6P. The fourth-order valence-corrected chi connectivity index (χ4v) is 9.47. The Balaban J connectivity index is 4.11. The van der Waals surface area contributed by atoms with Gasteiger partial charge in [-0.15, -0.1) is 0 Å². The minimum Gasteiger partial charge on any atom is -0.756 e. The predicted molar refractivity (Wildman–Crippen MR) is 279 cm³/mol. The molecule has 0 aromatic carbocycles. The summed E-state index contributed by atoms with van der Waals surface area (Å²) >= 11 is 0. The van der Waals surface area contributed by atoms with Crippen molar-refractivity contribution in [3.05, 3.63) is 12.2 Å². The van der Waals surface area contributed by atoms with Crippen LogP contribution in [0.15, 0.2) is 12.2 Å². The van der Waals surface area contributed by atoms with E-state index in [9.17, 15) is 19.4 Å². The smallest absolute Gasteiger partial charge is 0.268 e. The zero-order valence-electron chi connectivity index (χ0n) is 44.2. The normalized spacial score (nSPS) is 14.0. The Bertz CT molecular complexity index is 1070. The second-order valence-electron chi connectivity index (χ2n) is 21.0. The molecule has 388 valence electrons. The van der Waals surface area contributed by atoms with Crippen molar-refractivity contribution in [3.8, 4) is 0 Å². The second-order valence-corrected chi connectivity index (χ2v) is 22.4. The molecule has 1 unspecified atom stereocenters. The molecule has 0 rings (SSSR count). The summed E-state index contributed by atoms with van der Waals surface area (Å²) in [6, 6.07) is -0.881. The van der Waals surface area contributed by atoms with Crippen LogP contribution in [0.1, 0.15) is 290 Å². The number of phosphoric ester groups is 1. The largest absolute Gasteiger partial charge is 0.756 e. The summed E-state index contributed by atoms with van der Waals surface area (Å²) in [6.07, 6.45) is 58.6. The zero-order chi connectivity index (χ0) is 47.8. The van der Waals surface area contributed by atoms with Crippen LogP contribution in [0.25, 0.3) is 0 Å². The van der Waals surface area contributed by atoms with E-state index in [4.69, 9.17) is 9.05 Å². The molecule has 9 heteroatoms. The van der Waals surface area contributed by atoms with Gasteiger partial charge in [0.2, 0.25) is 5.91 Å². The SMILES string of the molecule is CCCCCCCCCCCCCCCC/C=C/[C@@H](O)[C@H](COP(=O)([O-])OCC[N+](C)(C)C)NC(=O)CCCCCCCCCCCCCCCCCCCCCCCCCCCCC. The number of allylic oxidation sites excluding steroid dienone is 1. The topological polar surface area (TPSA) is 108 Å². The van der Waals surface area contributed by atoms with Crippen LogP contribution in [0.3, 0.4) is 0 Å². The molecule has 0 aliphatic rings. The number of carbonyl (C=O) groups is 1. The lowest BCUT2D eigenvalue weighted by atomic mass is 10.0. The van der Waals surface area contributed by atoms with Gasteiger partial charge in [0.15, 0.2) is 0 Å². The molecule has 0 radical (unpaired) electrons. The molecule has 3 atom stereocenters. The van der Waals surface area contributed by atoms with E-state index in [0.29, 0.717) is 17.4 Å². The molecule has 0 aliphatic carbocycles. The zero-order valence-corrected chi connectivity index (χ0v) is 45.1. The molecule has 0 bridgehead atoms. The molecule has 0 saturated heterocycles. The van der Waals surface area contributed by atoms with Crippen LogP contribution in [0.5, 0.6) is 0 Å². The molecule has 1 amide bonds. The Labute approximate surface area is 405 Å². The molecule has 0 aromatic heterocycles. The minimum absolute atomic E-state index is 0.00256. The van der Waals surface area contributed by atoms with E-state index >= 15 is 0 Å². The number of amides is 1. The first-order chi connectivity index (χ1) is 31.5. The highest BCUT2D eigenvalue weighted by Gasteiger charge is 2.23. The third kappa shape index (κ3) is 50.9. The highest BCUT2D eigenvalue weighted by molar-refractivity contribution is 7.45. The average molecular weight is 942 g/mol. The molecule has 65 heavy (non-hydrogen) atoms. The Morgan fingerprint density at radius 3 is 1.15 bits per heavy atom. The summed E-state index contributed by atoms with van der Waals surface area (Å²) in [5.41, 5.74) is 0. The fourth-order valence-electron chi connectivity index (χ4n) is 8.74. The summed E-state index contributed by atoms with van der Waals surface area (Å²) in [7, 11) is 1.28. The van der Waals surface area contributed by atoms with Gasteiger partial charge in [-0.05, 0) is 19.3 Å². The number of nitrogens with one attached hydrogen (secondary N) is 1. The van der Waals surface area contributed by atoms with Crippen LogP contribution in [0.2, 0.25) is 0 Å². The Hall–Kier alpha value is -0.760. The third-order valence-electron chi connectivity index (χ3n) is 13.2. The number of aliphatic hydroxyl groups excluding tert-OH is 1. The maximum atomic E-state index is 12.9. The summed E-state index contributed by atoms with van der Waals surface area (Å²) in [4.78, 5) is 25.5. The Morgan fingerprint density at radius 1 is 0.523 bits per heavy atom. The second kappa shape index (κ2) is 48.3. The van der Waals surface area contributed by atoms with Crippen molar-refractivity contribution in [3.63, 3.8) is 0 Å². The van der Waals surface area contributed by atoms with E-state index in [2.05, 4.69) is 19.2 Å². The van der Waals surface area contributed by atoms with Gasteiger partial charge in [0.25, 0.3) is 7.82 Å². The molecule has 0 aliphatic heterocycles. The van der Waals surface area contributed by atoms with Gasteiger partial charge in [-0.2, -0.15) is 0 Å². The number of quaternary nitrogens is 1. The van der Waals surface area contributed by atoms with Crippen molar-refractivity contribution in [2.24, 2.45) is 0 Å². The highest BCUT2D eigenvalue weighted by Crippen LogP contribution is 2.38. The van der Waals surface area contributed by atoms with Gasteiger partial charge >= 0.3 is 0 Å². The Kier molecular flexibility index (Phi) is 47.7. The van der Waals surface area contributed by atoms with E-state index in [-0.39, 0.29) is 19.1 Å². The summed E-state index contributed by atoms with van der Waals surface area (Å²) in [6.45, 7) is 4.69. The molecule has 0 spiro atoms. The molecule has 0 fully saturated rings. The predicted octanol–water partition coefficient (Wildman–Crippen LogP) is 16.4. The standard InChI is InChI=1S/C56H113N2O6P/c1-6-8-10-12-14-16-18-20-22-24-25-26-27-28-29-30-31-32-33-34-36-38-40-42-44-46-48-50-56(60)57-54(53-64-65(61,62)63-52-51-58(3,4)5)55(59)49-47-45-43-41-39-37-35-23-21-19-17-15-13-11-9-7-2/h47,49,54-55,59H,6-46,48,50-53H2,1-5H3,(H-,57,60,61,62)/b49-47+/t54-,55+/m0/s1. The van der Waals surface area contributed by atoms with Gasteiger partial charge < -0.3 is 28.8 Å². The van der Waals surface area contributed by atoms with Crippen LogP contribution in [-0.2, 0) is 18.4 Å². The summed E-state index contributed by atoms with van der Waals surface area (Å²) in [5, 5.41) is 13.9. The number of unbranched alkanes of at least 4 members (excludes halogenated alkanes) is 40. The molecular weight excluding hydrogens is 828 g/mol. The monoisotopic (exact) mass is 941 g/mol. The lowest BCUT2D eigenvalue weighted by molar-refractivity contribution is -0.870. The van der Waals surface area contributed by atoms with Crippen molar-refractivity contribution in [2.75, 3.05) is 40.9 Å². The first-order valence-electron chi connectivity index (χ1n) is 28.6. The quantitative estimate of drug-likeness (QED) is 0.0272. The first-order valence-corrected chi connectivity index (χ1v) is 30.0. The summed E-state index contributed by atoms with van der Waals surface area (Å²) < 4.78 is 23.3. The van der Waals surface area contributed by atoms with Gasteiger partial charge in [-0.25, -0.2) is 0 Å². The highest BCUT2D eigenvalue weighted by atomic mass is 31.2. The lowest BCUT2D eigenvalue weighted by Gasteiger charge is -2.29. The molecule has 2 N–H and O–H groups in total. The number of carbonyl (C=O) groups excluding carboxylic acids is 1. The Morgan fingerprint density at radius 2 is 0.831 bits per heavy atom. The van der Waals surface area contributed by atoms with Crippen LogP contribution >= 0.6 is 7.82 Å². The maximum absolute atomic E-state index is 12.9. The van der Waals surface area contributed by atoms with Crippen molar-refractivity contribution < 1.29 is 32.9 Å². The average Bonchev–Trinajstić information content (AvgIpc) is 3.26. The molecule has 0 saturated carbocycles. The van der Waals surface area contributed by atoms with E-state index in [1.165, 1.54) is 231 Å². The minimum atomic E-state index is -4.59. The maximum Gasteiger partial charge on any atom is 0.268 e. The fraction of sp³-hybridized carbons (Fsp3) is 0.946. The summed E-state index contributed by atoms with van der Waals surface area (Å²) in [5.74, 6) is -0.190. The van der Waals surface area contributed by atoms with E-state index in [0.717, 1.165) is 38.5 Å². The molecule has 0 aromatic rings. The van der Waals surface area contributed by atoms with Crippen LogP contribution in [-0.4, -0.2) is 68.5 Å². The number of hydrogen-bond acceptors (Lipinski definition) is 6. The number of nitrogens with zero attached hydrogens (tertiary/aromatic N) is 1. The van der Waals surface area contributed by atoms with Crippen molar-refractivity contribution >= 4 is 13.7 Å². The number of likely N-dealkylation sites (N-methyl/N-ethyl adjacent to an activating group) is 1. The van der Waals surface area contributed by atoms with E-state index < -0.39 is 20.0 Å². The number of rotatable bonds is 53. The van der Waals surface area contributed by atoms with Crippen LogP contribution < -0.4 is 10.2 Å². The lowest BCUT2D eigenvalue weighted by Crippen LogP contribution is -2.45. The van der Waals surface area contributed by atoms with Gasteiger partial charge in [-0.3, -0.25) is 9.36 Å². The van der Waals surface area contributed by atoms with Gasteiger partial charge in [0.05, 0.1) is 39.9 Å². The molecule has 8 nitrogen and oxygen atoms in total. The van der Waals surface area contributed by atoms with E-state index in [1.807, 2.05) is 27.2 Å². The van der Waals surface area contributed by atoms with Crippen molar-refractivity contribution in [1.82, 2.24) is 5.32 Å². The van der Waals surface area contributed by atoms with Crippen LogP contribution in [0, 0.1) is 0 Å². The molecule has 0 heterocycles. The number of phosphoric acid groups is 1. The number of aliphatic hydroxyl groups is 1.